The second-order valence-electron chi connectivity index (χ2n) is 9.06. The summed E-state index contributed by atoms with van der Waals surface area (Å²) in [5.41, 5.74) is 0.980. The second kappa shape index (κ2) is 9.05. The predicted molar refractivity (Wildman–Crippen MR) is 134 cm³/mol. The number of aryl methyl sites for hydroxylation is 2. The van der Waals surface area contributed by atoms with Gasteiger partial charge in [-0.2, -0.15) is 0 Å². The molecule has 182 valence electrons. The van der Waals surface area contributed by atoms with E-state index >= 15 is 0 Å². The van der Waals surface area contributed by atoms with Crippen molar-refractivity contribution in [3.8, 4) is 5.75 Å². The Bertz CT molecular complexity index is 1530. The van der Waals surface area contributed by atoms with E-state index in [1.807, 2.05) is 46.7 Å². The summed E-state index contributed by atoms with van der Waals surface area (Å²) in [6.07, 6.45) is 3.91. The number of hydrogen-bond acceptors (Lipinski definition) is 5. The number of fused-ring (bicyclic) bond motifs is 2. The van der Waals surface area contributed by atoms with Crippen molar-refractivity contribution in [2.45, 2.75) is 38.8 Å². The second-order valence-corrected chi connectivity index (χ2v) is 9.06. The smallest absolute Gasteiger partial charge is 0.332 e. The van der Waals surface area contributed by atoms with Gasteiger partial charge in [0.2, 0.25) is 0 Å². The third kappa shape index (κ3) is 3.90. The van der Waals surface area contributed by atoms with E-state index in [9.17, 15) is 14.4 Å². The zero-order valence-electron chi connectivity index (χ0n) is 20.2. The van der Waals surface area contributed by atoms with Crippen molar-refractivity contribution in [2.24, 2.45) is 14.1 Å². The summed E-state index contributed by atoms with van der Waals surface area (Å²) in [4.78, 5) is 45.1. The molecule has 0 spiro atoms. The number of carbonyl (C=O) groups is 1. The van der Waals surface area contributed by atoms with E-state index in [-0.39, 0.29) is 17.6 Å². The lowest BCUT2D eigenvalue weighted by atomic mass is 10.1. The van der Waals surface area contributed by atoms with E-state index in [4.69, 9.17) is 4.74 Å². The molecule has 0 unspecified atom stereocenters. The summed E-state index contributed by atoms with van der Waals surface area (Å²) < 4.78 is 10.6. The summed E-state index contributed by atoms with van der Waals surface area (Å²) in [6, 6.07) is 11.5. The molecule has 9 heteroatoms. The Morgan fingerprint density at radius 1 is 1.09 bits per heavy atom. The van der Waals surface area contributed by atoms with Gasteiger partial charge in [0.1, 0.15) is 28.7 Å². The molecule has 1 aliphatic heterocycles. The van der Waals surface area contributed by atoms with Gasteiger partial charge >= 0.3 is 5.69 Å². The van der Waals surface area contributed by atoms with E-state index in [2.05, 4.69) is 4.98 Å². The minimum Gasteiger partial charge on any atom is -0.488 e. The normalized spacial score (nSPS) is 14.7. The molecule has 5 rings (SSSR count). The average molecular weight is 476 g/mol. The summed E-state index contributed by atoms with van der Waals surface area (Å²) in [7, 11) is 3.09. The molecule has 1 aliphatic rings. The Kier molecular flexibility index (Phi) is 5.92. The molecule has 1 saturated heterocycles. The molecule has 4 aromatic rings. The van der Waals surface area contributed by atoms with Gasteiger partial charge in [-0.05, 0) is 24.6 Å². The van der Waals surface area contributed by atoms with Crippen LogP contribution in [0.1, 0.15) is 36.7 Å². The molecule has 0 N–H and O–H groups in total. The van der Waals surface area contributed by atoms with Gasteiger partial charge in [0, 0.05) is 58.2 Å². The zero-order chi connectivity index (χ0) is 24.7. The monoisotopic (exact) mass is 475 g/mol. The fraction of sp³-hybridized carbons (Fsp3) is 0.385. The number of pyridine rings is 1. The maximum absolute atomic E-state index is 13.6. The first-order valence-electron chi connectivity index (χ1n) is 12.0. The first kappa shape index (κ1) is 22.9. The summed E-state index contributed by atoms with van der Waals surface area (Å²) >= 11 is 0. The average Bonchev–Trinajstić information content (AvgIpc) is 3.26. The van der Waals surface area contributed by atoms with Crippen molar-refractivity contribution < 1.29 is 9.53 Å². The number of likely N-dealkylation sites (tertiary alicyclic amines) is 1. The quantitative estimate of drug-likeness (QED) is 0.443. The third-order valence-corrected chi connectivity index (χ3v) is 6.78. The Morgan fingerprint density at radius 3 is 2.57 bits per heavy atom. The molecule has 4 heterocycles. The topological polar surface area (TPSA) is 91.4 Å². The van der Waals surface area contributed by atoms with Crippen molar-refractivity contribution in [1.29, 1.82) is 0 Å². The van der Waals surface area contributed by atoms with Crippen molar-refractivity contribution in [3.63, 3.8) is 0 Å². The highest BCUT2D eigenvalue weighted by Gasteiger charge is 2.29. The number of amides is 1. The third-order valence-electron chi connectivity index (χ3n) is 6.78. The van der Waals surface area contributed by atoms with E-state index in [1.54, 1.807) is 19.3 Å². The molecule has 1 amide bonds. The van der Waals surface area contributed by atoms with Crippen LogP contribution in [0.4, 0.5) is 0 Å². The summed E-state index contributed by atoms with van der Waals surface area (Å²) in [5.74, 6) is 0.627. The molecule has 0 saturated carbocycles. The van der Waals surface area contributed by atoms with Gasteiger partial charge in [0.15, 0.2) is 0 Å². The van der Waals surface area contributed by atoms with E-state index in [0.717, 1.165) is 27.6 Å². The van der Waals surface area contributed by atoms with Crippen LogP contribution in [-0.2, 0) is 20.6 Å². The number of hydrogen-bond donors (Lipinski definition) is 0. The molecule has 0 atom stereocenters. The van der Waals surface area contributed by atoms with Crippen LogP contribution in [0.3, 0.4) is 0 Å². The summed E-state index contributed by atoms with van der Waals surface area (Å²) in [5, 5.41) is 1.41. The number of nitrogens with zero attached hydrogens (tertiary/aromatic N) is 5. The lowest BCUT2D eigenvalue weighted by Crippen LogP contribution is -2.42. The molecule has 1 fully saturated rings. The van der Waals surface area contributed by atoms with Gasteiger partial charge < -0.3 is 14.2 Å². The van der Waals surface area contributed by atoms with Crippen LogP contribution >= 0.6 is 0 Å². The van der Waals surface area contributed by atoms with Crippen LogP contribution < -0.4 is 16.0 Å². The predicted octanol–water partition coefficient (Wildman–Crippen LogP) is 2.68. The van der Waals surface area contributed by atoms with E-state index in [1.165, 1.54) is 11.6 Å². The largest absolute Gasteiger partial charge is 0.488 e. The first-order valence-corrected chi connectivity index (χ1v) is 12.0. The van der Waals surface area contributed by atoms with Crippen LogP contribution in [0, 0.1) is 0 Å². The maximum Gasteiger partial charge on any atom is 0.332 e. The summed E-state index contributed by atoms with van der Waals surface area (Å²) in [6.45, 7) is 3.64. The van der Waals surface area contributed by atoms with E-state index in [0.29, 0.717) is 49.2 Å². The van der Waals surface area contributed by atoms with Gasteiger partial charge in [-0.15, -0.1) is 0 Å². The van der Waals surface area contributed by atoms with Crippen molar-refractivity contribution in [2.75, 3.05) is 13.1 Å². The van der Waals surface area contributed by atoms with Crippen LogP contribution in [0.2, 0.25) is 0 Å². The highest BCUT2D eigenvalue weighted by atomic mass is 16.5. The Labute approximate surface area is 202 Å². The first-order chi connectivity index (χ1) is 16.9. The zero-order valence-corrected chi connectivity index (χ0v) is 20.2. The number of carbonyl (C=O) groups excluding carboxylic acids is 1. The van der Waals surface area contributed by atoms with Gasteiger partial charge in [0.05, 0.1) is 5.39 Å². The minimum absolute atomic E-state index is 0.0127. The Morgan fingerprint density at radius 2 is 1.83 bits per heavy atom. The van der Waals surface area contributed by atoms with Crippen molar-refractivity contribution in [1.82, 2.24) is 23.6 Å². The molecule has 1 aromatic carbocycles. The number of piperidine rings is 1. The minimum atomic E-state index is -0.405. The molecule has 0 radical (unpaired) electrons. The number of aromatic nitrogens is 4. The lowest BCUT2D eigenvalue weighted by Gasteiger charge is -2.32. The fourth-order valence-electron chi connectivity index (χ4n) is 4.96. The molecule has 0 aliphatic carbocycles. The Hall–Kier alpha value is -3.88. The van der Waals surface area contributed by atoms with Gasteiger partial charge in [0.25, 0.3) is 11.5 Å². The molecule has 3 aromatic heterocycles. The maximum atomic E-state index is 13.6. The van der Waals surface area contributed by atoms with Crippen LogP contribution in [0.15, 0.2) is 52.2 Å². The van der Waals surface area contributed by atoms with Crippen LogP contribution in [0.25, 0.3) is 21.9 Å². The fourth-order valence-corrected chi connectivity index (χ4v) is 4.96. The van der Waals surface area contributed by atoms with Crippen molar-refractivity contribution in [3.05, 3.63) is 69.1 Å². The Balaban J connectivity index is 1.38. The molecular weight excluding hydrogens is 446 g/mol. The van der Waals surface area contributed by atoms with E-state index < -0.39 is 5.69 Å². The standard InChI is InChI=1S/C26H29N5O4/c1-4-13-31-20(16-19-23(31)28(2)26(34)29(3)24(19)32)25(33)30-14-10-18(11-15-30)35-21-9-5-7-17-8-6-12-27-22(17)21/h5-9,12,16,18H,4,10-11,13-15H2,1-3H3. The van der Waals surface area contributed by atoms with Crippen LogP contribution in [0.5, 0.6) is 5.75 Å². The molecule has 9 nitrogen and oxygen atoms in total. The highest BCUT2D eigenvalue weighted by molar-refractivity contribution is 5.98. The van der Waals surface area contributed by atoms with Gasteiger partial charge in [-0.25, -0.2) is 4.79 Å². The highest BCUT2D eigenvalue weighted by Crippen LogP contribution is 2.27. The lowest BCUT2D eigenvalue weighted by molar-refractivity contribution is 0.0588. The number of benzene rings is 1. The molecule has 35 heavy (non-hydrogen) atoms. The molecular formula is C26H29N5O4. The SMILES string of the molecule is CCCn1c(C(=O)N2CCC(Oc3cccc4cccnc34)CC2)cc2c(=O)n(C)c(=O)n(C)c21. The number of rotatable bonds is 5. The number of ether oxygens (including phenoxy) is 1. The van der Waals surface area contributed by atoms with Crippen LogP contribution in [-0.4, -0.2) is 48.7 Å². The van der Waals surface area contributed by atoms with Gasteiger partial charge in [-0.3, -0.25) is 23.7 Å². The van der Waals surface area contributed by atoms with Crippen molar-refractivity contribution >= 4 is 27.8 Å². The van der Waals surface area contributed by atoms with Gasteiger partial charge in [-0.1, -0.05) is 25.1 Å². The number of para-hydroxylation sites is 1. The molecule has 0 bridgehead atoms.